The standard InChI is InChI=1S/C18H20N4O4/c1-2-26-18(25)13-3-5-14(6-4-13)21-9-11-22(12-10-21)17(24)15-7-8-16(23)20-19-15/h3-8H,2,9-12H2,1H3,(H,20,23). The van der Waals surface area contributed by atoms with Crippen LogP contribution in [0.5, 0.6) is 0 Å². The molecule has 1 aliphatic heterocycles. The summed E-state index contributed by atoms with van der Waals surface area (Å²) in [5.41, 5.74) is 1.41. The van der Waals surface area contributed by atoms with Gasteiger partial charge in [-0.2, -0.15) is 5.10 Å². The summed E-state index contributed by atoms with van der Waals surface area (Å²) in [6.45, 7) is 4.58. The Morgan fingerprint density at radius 2 is 1.77 bits per heavy atom. The maximum atomic E-state index is 12.4. The minimum atomic E-state index is -0.336. The predicted molar refractivity (Wildman–Crippen MR) is 95.4 cm³/mol. The van der Waals surface area contributed by atoms with Gasteiger partial charge in [0.25, 0.3) is 11.5 Å². The fraction of sp³-hybridized carbons (Fsp3) is 0.333. The van der Waals surface area contributed by atoms with Crippen molar-refractivity contribution in [2.45, 2.75) is 6.92 Å². The van der Waals surface area contributed by atoms with Crippen molar-refractivity contribution in [3.63, 3.8) is 0 Å². The average Bonchev–Trinajstić information content (AvgIpc) is 2.68. The number of aromatic amines is 1. The first-order valence-corrected chi connectivity index (χ1v) is 8.45. The van der Waals surface area contributed by atoms with Crippen molar-refractivity contribution < 1.29 is 14.3 Å². The second-order valence-electron chi connectivity index (χ2n) is 5.85. The number of H-pyrrole nitrogens is 1. The van der Waals surface area contributed by atoms with Crippen LogP contribution in [0.2, 0.25) is 0 Å². The molecule has 8 nitrogen and oxygen atoms in total. The van der Waals surface area contributed by atoms with Gasteiger partial charge in [0.1, 0.15) is 5.69 Å². The third-order valence-corrected chi connectivity index (χ3v) is 4.21. The van der Waals surface area contributed by atoms with E-state index in [1.54, 1.807) is 24.0 Å². The van der Waals surface area contributed by atoms with Gasteiger partial charge < -0.3 is 14.5 Å². The number of carbonyl (C=O) groups excluding carboxylic acids is 2. The number of ether oxygens (including phenoxy) is 1. The minimum absolute atomic E-state index is 0.196. The molecule has 2 heterocycles. The number of anilines is 1. The molecule has 26 heavy (non-hydrogen) atoms. The Kier molecular flexibility index (Phi) is 5.31. The van der Waals surface area contributed by atoms with Gasteiger partial charge in [0.15, 0.2) is 0 Å². The first kappa shape index (κ1) is 17.7. The normalized spacial score (nSPS) is 14.2. The minimum Gasteiger partial charge on any atom is -0.462 e. The van der Waals surface area contributed by atoms with Gasteiger partial charge in [-0.3, -0.25) is 9.59 Å². The number of hydrogen-bond donors (Lipinski definition) is 1. The van der Waals surface area contributed by atoms with Crippen LogP contribution in [-0.4, -0.2) is 59.8 Å². The molecule has 8 heteroatoms. The molecule has 1 saturated heterocycles. The third kappa shape index (κ3) is 3.90. The van der Waals surface area contributed by atoms with Crippen molar-refractivity contribution in [1.29, 1.82) is 0 Å². The lowest BCUT2D eigenvalue weighted by Gasteiger charge is -2.36. The van der Waals surface area contributed by atoms with E-state index in [1.165, 1.54) is 12.1 Å². The van der Waals surface area contributed by atoms with E-state index in [0.717, 1.165) is 5.69 Å². The molecule has 136 valence electrons. The van der Waals surface area contributed by atoms with Crippen LogP contribution in [0.15, 0.2) is 41.2 Å². The first-order valence-electron chi connectivity index (χ1n) is 8.45. The zero-order valence-corrected chi connectivity index (χ0v) is 14.5. The van der Waals surface area contributed by atoms with Crippen molar-refractivity contribution in [1.82, 2.24) is 15.1 Å². The van der Waals surface area contributed by atoms with Gasteiger partial charge in [0.05, 0.1) is 12.2 Å². The van der Waals surface area contributed by atoms with Crippen molar-refractivity contribution in [2.75, 3.05) is 37.7 Å². The van der Waals surface area contributed by atoms with Crippen molar-refractivity contribution in [3.05, 3.63) is 58.0 Å². The Morgan fingerprint density at radius 3 is 2.35 bits per heavy atom. The number of benzene rings is 1. The molecule has 0 unspecified atom stereocenters. The summed E-state index contributed by atoms with van der Waals surface area (Å²) in [7, 11) is 0. The smallest absolute Gasteiger partial charge is 0.338 e. The van der Waals surface area contributed by atoms with Gasteiger partial charge in [-0.25, -0.2) is 9.89 Å². The average molecular weight is 356 g/mol. The molecule has 1 amide bonds. The van der Waals surface area contributed by atoms with Gasteiger partial charge in [-0.05, 0) is 37.3 Å². The number of piperazine rings is 1. The monoisotopic (exact) mass is 356 g/mol. The number of aromatic nitrogens is 2. The van der Waals surface area contributed by atoms with Gasteiger partial charge in [0.2, 0.25) is 0 Å². The Labute approximate surface area is 150 Å². The van der Waals surface area contributed by atoms with Crippen LogP contribution in [0, 0.1) is 0 Å². The molecular weight excluding hydrogens is 336 g/mol. The van der Waals surface area contributed by atoms with Crippen LogP contribution in [-0.2, 0) is 4.74 Å². The topological polar surface area (TPSA) is 95.6 Å². The number of amides is 1. The van der Waals surface area contributed by atoms with E-state index < -0.39 is 0 Å². The summed E-state index contributed by atoms with van der Waals surface area (Å²) in [4.78, 5) is 39.0. The summed E-state index contributed by atoms with van der Waals surface area (Å²) < 4.78 is 4.98. The molecule has 1 aliphatic rings. The molecular formula is C18H20N4O4. The molecule has 1 N–H and O–H groups in total. The zero-order valence-electron chi connectivity index (χ0n) is 14.5. The number of esters is 1. The summed E-state index contributed by atoms with van der Waals surface area (Å²) >= 11 is 0. The molecule has 1 aromatic carbocycles. The predicted octanol–water partition coefficient (Wildman–Crippen LogP) is 0.909. The van der Waals surface area contributed by atoms with Crippen molar-refractivity contribution in [3.8, 4) is 0 Å². The lowest BCUT2D eigenvalue weighted by atomic mass is 10.1. The van der Waals surface area contributed by atoms with E-state index in [2.05, 4.69) is 15.1 Å². The van der Waals surface area contributed by atoms with Crippen LogP contribution in [0.25, 0.3) is 0 Å². The largest absolute Gasteiger partial charge is 0.462 e. The lowest BCUT2D eigenvalue weighted by molar-refractivity contribution is 0.0526. The first-order chi connectivity index (χ1) is 12.6. The maximum absolute atomic E-state index is 12.4. The zero-order chi connectivity index (χ0) is 18.5. The highest BCUT2D eigenvalue weighted by molar-refractivity contribution is 5.92. The quantitative estimate of drug-likeness (QED) is 0.818. The summed E-state index contributed by atoms with van der Waals surface area (Å²) in [5, 5.41) is 6.06. The van der Waals surface area contributed by atoms with Crippen LogP contribution >= 0.6 is 0 Å². The van der Waals surface area contributed by atoms with E-state index in [-0.39, 0.29) is 23.1 Å². The molecule has 3 rings (SSSR count). The Morgan fingerprint density at radius 1 is 1.08 bits per heavy atom. The highest BCUT2D eigenvalue weighted by Crippen LogP contribution is 2.18. The van der Waals surface area contributed by atoms with Crippen molar-refractivity contribution in [2.24, 2.45) is 0 Å². The molecule has 0 saturated carbocycles. The third-order valence-electron chi connectivity index (χ3n) is 4.21. The Hall–Kier alpha value is -3.16. The molecule has 1 aromatic heterocycles. The van der Waals surface area contributed by atoms with Gasteiger partial charge >= 0.3 is 5.97 Å². The van der Waals surface area contributed by atoms with Gasteiger partial charge in [-0.15, -0.1) is 0 Å². The van der Waals surface area contributed by atoms with E-state index in [9.17, 15) is 14.4 Å². The maximum Gasteiger partial charge on any atom is 0.338 e. The van der Waals surface area contributed by atoms with E-state index in [0.29, 0.717) is 38.3 Å². The Bertz CT molecular complexity index is 819. The summed E-state index contributed by atoms with van der Waals surface area (Å²) in [6.07, 6.45) is 0. The number of carbonyl (C=O) groups is 2. The molecule has 0 spiro atoms. The fourth-order valence-electron chi connectivity index (χ4n) is 2.82. The van der Waals surface area contributed by atoms with E-state index in [1.807, 2.05) is 12.1 Å². The molecule has 0 aliphatic carbocycles. The Balaban J connectivity index is 1.59. The molecule has 1 fully saturated rings. The number of nitrogens with one attached hydrogen (secondary N) is 1. The highest BCUT2D eigenvalue weighted by Gasteiger charge is 2.23. The molecule has 0 radical (unpaired) electrons. The summed E-state index contributed by atoms with van der Waals surface area (Å²) in [5.74, 6) is -0.526. The number of nitrogens with zero attached hydrogens (tertiary/aromatic N) is 3. The van der Waals surface area contributed by atoms with Gasteiger partial charge in [0, 0.05) is 37.9 Å². The van der Waals surface area contributed by atoms with Crippen LogP contribution < -0.4 is 10.5 Å². The highest BCUT2D eigenvalue weighted by atomic mass is 16.5. The van der Waals surface area contributed by atoms with Crippen LogP contribution in [0.1, 0.15) is 27.8 Å². The molecule has 0 atom stereocenters. The van der Waals surface area contributed by atoms with E-state index >= 15 is 0 Å². The molecule has 2 aromatic rings. The summed E-state index contributed by atoms with van der Waals surface area (Å²) in [6, 6.07) is 9.98. The van der Waals surface area contributed by atoms with Gasteiger partial charge in [-0.1, -0.05) is 0 Å². The number of hydrogen-bond acceptors (Lipinski definition) is 6. The number of rotatable bonds is 4. The van der Waals surface area contributed by atoms with E-state index in [4.69, 9.17) is 4.74 Å². The lowest BCUT2D eigenvalue weighted by Crippen LogP contribution is -2.49. The second-order valence-corrected chi connectivity index (χ2v) is 5.85. The second kappa shape index (κ2) is 7.81. The van der Waals surface area contributed by atoms with Crippen LogP contribution in [0.3, 0.4) is 0 Å². The fourth-order valence-corrected chi connectivity index (χ4v) is 2.82. The molecule has 0 bridgehead atoms. The van der Waals surface area contributed by atoms with Crippen LogP contribution in [0.4, 0.5) is 5.69 Å². The van der Waals surface area contributed by atoms with Crippen molar-refractivity contribution >= 4 is 17.6 Å². The SMILES string of the molecule is CCOC(=O)c1ccc(N2CCN(C(=O)c3ccc(=O)[nH]n3)CC2)cc1.